The fourth-order valence-electron chi connectivity index (χ4n) is 2.92. The molecule has 0 aliphatic carbocycles. The first-order valence-corrected chi connectivity index (χ1v) is 10.7. The van der Waals surface area contributed by atoms with Crippen LogP contribution in [0.25, 0.3) is 0 Å². The van der Waals surface area contributed by atoms with E-state index in [0.717, 1.165) is 43.8 Å². The number of nitrogens with one attached hydrogen (secondary N) is 1. The fourth-order valence-corrected chi connectivity index (χ4v) is 3.55. The van der Waals surface area contributed by atoms with E-state index in [9.17, 15) is 13.2 Å². The standard InChI is InChI=1S/C19H24N4O3S/c1-22-9-11-23(12-10-22)18-13-15(7-8-20-18)14-21-19(24)16-3-5-17(6-4-16)27(2,25)26/h3-8,13H,9-12,14H2,1-2H3,(H,21,24). The van der Waals surface area contributed by atoms with Crippen molar-refractivity contribution in [2.75, 3.05) is 44.4 Å². The average Bonchev–Trinajstić information content (AvgIpc) is 2.66. The van der Waals surface area contributed by atoms with E-state index in [0.29, 0.717) is 12.1 Å². The molecule has 2 heterocycles. The van der Waals surface area contributed by atoms with Crippen LogP contribution >= 0.6 is 0 Å². The second-order valence-electron chi connectivity index (χ2n) is 6.79. The number of likely N-dealkylation sites (N-methyl/N-ethyl adjacent to an activating group) is 1. The summed E-state index contributed by atoms with van der Waals surface area (Å²) in [5, 5.41) is 2.87. The number of aromatic nitrogens is 1. The molecule has 1 amide bonds. The van der Waals surface area contributed by atoms with Gasteiger partial charge in [-0.3, -0.25) is 4.79 Å². The number of piperazine rings is 1. The second-order valence-corrected chi connectivity index (χ2v) is 8.81. The predicted octanol–water partition coefficient (Wildman–Crippen LogP) is 1.17. The highest BCUT2D eigenvalue weighted by atomic mass is 32.2. The molecule has 8 heteroatoms. The summed E-state index contributed by atoms with van der Waals surface area (Å²) in [5.41, 5.74) is 1.40. The molecule has 2 aromatic rings. The van der Waals surface area contributed by atoms with E-state index >= 15 is 0 Å². The summed E-state index contributed by atoms with van der Waals surface area (Å²) in [5.74, 6) is 0.681. The second kappa shape index (κ2) is 8.06. The lowest BCUT2D eigenvalue weighted by Gasteiger charge is -2.33. The van der Waals surface area contributed by atoms with Gasteiger partial charge in [0.2, 0.25) is 0 Å². The number of hydrogen-bond donors (Lipinski definition) is 1. The largest absolute Gasteiger partial charge is 0.354 e. The van der Waals surface area contributed by atoms with E-state index in [1.165, 1.54) is 24.3 Å². The molecule has 1 aromatic heterocycles. The highest BCUT2D eigenvalue weighted by molar-refractivity contribution is 7.90. The molecule has 3 rings (SSSR count). The molecule has 1 saturated heterocycles. The molecule has 0 atom stereocenters. The number of sulfone groups is 1. The minimum atomic E-state index is -3.27. The van der Waals surface area contributed by atoms with Gasteiger partial charge in [-0.2, -0.15) is 0 Å². The van der Waals surface area contributed by atoms with Crippen molar-refractivity contribution in [1.82, 2.24) is 15.2 Å². The lowest BCUT2D eigenvalue weighted by molar-refractivity contribution is 0.0951. The van der Waals surface area contributed by atoms with Gasteiger partial charge in [-0.1, -0.05) is 0 Å². The Kier molecular flexibility index (Phi) is 5.76. The van der Waals surface area contributed by atoms with Crippen LogP contribution in [-0.4, -0.2) is 63.7 Å². The molecule has 27 heavy (non-hydrogen) atoms. The third kappa shape index (κ3) is 5.05. The van der Waals surface area contributed by atoms with Crippen molar-refractivity contribution in [3.8, 4) is 0 Å². The summed E-state index contributed by atoms with van der Waals surface area (Å²) in [4.78, 5) is 21.5. The van der Waals surface area contributed by atoms with E-state index in [2.05, 4.69) is 27.1 Å². The van der Waals surface area contributed by atoms with Crippen molar-refractivity contribution in [3.63, 3.8) is 0 Å². The van der Waals surface area contributed by atoms with Crippen LogP contribution in [0.4, 0.5) is 5.82 Å². The number of hydrogen-bond acceptors (Lipinski definition) is 6. The Bertz CT molecular complexity index is 905. The predicted molar refractivity (Wildman–Crippen MR) is 105 cm³/mol. The monoisotopic (exact) mass is 388 g/mol. The molecule has 0 bridgehead atoms. The van der Waals surface area contributed by atoms with E-state index in [1.807, 2.05) is 12.1 Å². The molecule has 1 aliphatic heterocycles. The molecule has 144 valence electrons. The fraction of sp³-hybridized carbons (Fsp3) is 0.368. The third-order valence-electron chi connectivity index (χ3n) is 4.63. The van der Waals surface area contributed by atoms with E-state index < -0.39 is 9.84 Å². The molecular formula is C19H24N4O3S. The maximum atomic E-state index is 12.3. The average molecular weight is 388 g/mol. The number of rotatable bonds is 5. The summed E-state index contributed by atoms with van der Waals surface area (Å²) < 4.78 is 23.0. The van der Waals surface area contributed by atoms with Gasteiger partial charge in [-0.25, -0.2) is 13.4 Å². The number of carbonyl (C=O) groups excluding carboxylic acids is 1. The summed E-state index contributed by atoms with van der Waals surface area (Å²) in [7, 11) is -1.16. The van der Waals surface area contributed by atoms with Gasteiger partial charge in [0.15, 0.2) is 9.84 Å². The number of carbonyl (C=O) groups is 1. The van der Waals surface area contributed by atoms with Crippen molar-refractivity contribution in [2.24, 2.45) is 0 Å². The maximum Gasteiger partial charge on any atom is 0.251 e. The van der Waals surface area contributed by atoms with Gasteiger partial charge in [-0.15, -0.1) is 0 Å². The van der Waals surface area contributed by atoms with Gasteiger partial charge in [0.25, 0.3) is 5.91 Å². The minimum Gasteiger partial charge on any atom is -0.354 e. The Morgan fingerprint density at radius 3 is 2.41 bits per heavy atom. The van der Waals surface area contributed by atoms with Crippen LogP contribution in [0.5, 0.6) is 0 Å². The van der Waals surface area contributed by atoms with Crippen molar-refractivity contribution in [3.05, 3.63) is 53.7 Å². The van der Waals surface area contributed by atoms with Crippen molar-refractivity contribution in [1.29, 1.82) is 0 Å². The van der Waals surface area contributed by atoms with E-state index in [1.54, 1.807) is 6.20 Å². The molecule has 1 fully saturated rings. The van der Waals surface area contributed by atoms with Crippen LogP contribution in [0.1, 0.15) is 15.9 Å². The molecule has 1 aliphatic rings. The van der Waals surface area contributed by atoms with Crippen molar-refractivity contribution in [2.45, 2.75) is 11.4 Å². The smallest absolute Gasteiger partial charge is 0.251 e. The van der Waals surface area contributed by atoms with Gasteiger partial charge in [0.05, 0.1) is 4.90 Å². The third-order valence-corrected chi connectivity index (χ3v) is 5.76. The van der Waals surface area contributed by atoms with Gasteiger partial charge in [0, 0.05) is 50.7 Å². The van der Waals surface area contributed by atoms with Crippen LogP contribution in [0.3, 0.4) is 0 Å². The molecule has 0 spiro atoms. The maximum absolute atomic E-state index is 12.3. The van der Waals surface area contributed by atoms with Gasteiger partial charge in [0.1, 0.15) is 5.82 Å². The summed E-state index contributed by atoms with van der Waals surface area (Å²) in [6, 6.07) is 9.82. The topological polar surface area (TPSA) is 82.6 Å². The zero-order chi connectivity index (χ0) is 19.4. The molecule has 7 nitrogen and oxygen atoms in total. The van der Waals surface area contributed by atoms with Crippen LogP contribution in [-0.2, 0) is 16.4 Å². The molecule has 0 radical (unpaired) electrons. The number of pyridine rings is 1. The molecular weight excluding hydrogens is 364 g/mol. The quantitative estimate of drug-likeness (QED) is 0.828. The Morgan fingerprint density at radius 1 is 1.11 bits per heavy atom. The zero-order valence-electron chi connectivity index (χ0n) is 15.6. The van der Waals surface area contributed by atoms with Crippen molar-refractivity contribution >= 4 is 21.6 Å². The summed E-state index contributed by atoms with van der Waals surface area (Å²) in [6.45, 7) is 4.27. The Labute approximate surface area is 159 Å². The summed E-state index contributed by atoms with van der Waals surface area (Å²) >= 11 is 0. The molecule has 1 aromatic carbocycles. The first-order valence-electron chi connectivity index (χ1n) is 8.80. The van der Waals surface area contributed by atoms with Gasteiger partial charge >= 0.3 is 0 Å². The van der Waals surface area contributed by atoms with E-state index in [-0.39, 0.29) is 10.8 Å². The first kappa shape index (κ1) is 19.3. The SMILES string of the molecule is CN1CCN(c2cc(CNC(=O)c3ccc(S(C)(=O)=O)cc3)ccn2)CC1. The lowest BCUT2D eigenvalue weighted by atomic mass is 10.2. The number of amides is 1. The van der Waals surface area contributed by atoms with Gasteiger partial charge in [-0.05, 0) is 49.0 Å². The first-order chi connectivity index (χ1) is 12.8. The Balaban J connectivity index is 1.61. The van der Waals surface area contributed by atoms with Gasteiger partial charge < -0.3 is 15.1 Å². The number of nitrogens with zero attached hydrogens (tertiary/aromatic N) is 3. The van der Waals surface area contributed by atoms with E-state index in [4.69, 9.17) is 0 Å². The van der Waals surface area contributed by atoms with Crippen LogP contribution in [0.2, 0.25) is 0 Å². The number of anilines is 1. The molecule has 0 unspecified atom stereocenters. The Morgan fingerprint density at radius 2 is 1.78 bits per heavy atom. The lowest BCUT2D eigenvalue weighted by Crippen LogP contribution is -2.44. The molecule has 1 N–H and O–H groups in total. The van der Waals surface area contributed by atoms with Crippen molar-refractivity contribution < 1.29 is 13.2 Å². The minimum absolute atomic E-state index is 0.199. The summed E-state index contributed by atoms with van der Waals surface area (Å²) in [6.07, 6.45) is 2.90. The highest BCUT2D eigenvalue weighted by Crippen LogP contribution is 2.15. The van der Waals surface area contributed by atoms with Crippen LogP contribution in [0, 0.1) is 0 Å². The Hall–Kier alpha value is -2.45. The normalized spacial score (nSPS) is 15.6. The highest BCUT2D eigenvalue weighted by Gasteiger charge is 2.15. The number of benzene rings is 1. The van der Waals surface area contributed by atoms with Crippen LogP contribution in [0.15, 0.2) is 47.5 Å². The van der Waals surface area contributed by atoms with Crippen LogP contribution < -0.4 is 10.2 Å². The zero-order valence-corrected chi connectivity index (χ0v) is 16.4. The molecule has 0 saturated carbocycles.